The van der Waals surface area contributed by atoms with E-state index in [1.54, 1.807) is 0 Å². The van der Waals surface area contributed by atoms with Crippen molar-refractivity contribution in [2.75, 3.05) is 18.0 Å². The van der Waals surface area contributed by atoms with Crippen LogP contribution in [0.15, 0.2) is 24.4 Å². The number of nitrogens with zero attached hydrogens (tertiary/aromatic N) is 2. The predicted octanol–water partition coefficient (Wildman–Crippen LogP) is 2.25. The van der Waals surface area contributed by atoms with Gasteiger partial charge in [0.05, 0.1) is 5.02 Å². The van der Waals surface area contributed by atoms with E-state index >= 15 is 0 Å². The molecule has 2 nitrogen and oxygen atoms in total. The fourth-order valence-electron chi connectivity index (χ4n) is 1.29. The first kappa shape index (κ1) is 8.51. The fourth-order valence-corrected chi connectivity index (χ4v) is 1.44. The Morgan fingerprint density at radius 1 is 1.38 bits per heavy atom. The van der Waals surface area contributed by atoms with Crippen molar-refractivity contribution in [3.05, 3.63) is 35.3 Å². The maximum atomic E-state index is 13.3. The van der Waals surface area contributed by atoms with Crippen molar-refractivity contribution in [2.45, 2.75) is 0 Å². The molecular formula is C9H8ClFN2. The first-order chi connectivity index (χ1) is 6.27. The standard InChI is InChI=1S/C9H8ClFN2/c10-7-5-8(11)9(12-6-7)13-3-1-2-4-13/h1-2,5-6H,3-4H2. The number of anilines is 1. The van der Waals surface area contributed by atoms with Crippen LogP contribution in [0.4, 0.5) is 10.2 Å². The molecule has 1 aliphatic heterocycles. The molecule has 0 saturated carbocycles. The van der Waals surface area contributed by atoms with Gasteiger partial charge in [-0.05, 0) is 6.07 Å². The van der Waals surface area contributed by atoms with E-state index in [4.69, 9.17) is 11.6 Å². The maximum absolute atomic E-state index is 13.3. The Hall–Kier alpha value is -1.09. The average molecular weight is 199 g/mol. The Bertz CT molecular complexity index is 343. The molecule has 2 rings (SSSR count). The van der Waals surface area contributed by atoms with Gasteiger partial charge in [-0.2, -0.15) is 0 Å². The van der Waals surface area contributed by atoms with Gasteiger partial charge >= 0.3 is 0 Å². The third-order valence-electron chi connectivity index (χ3n) is 1.91. The Labute approximate surface area is 80.6 Å². The molecule has 0 aliphatic carbocycles. The zero-order valence-electron chi connectivity index (χ0n) is 6.87. The van der Waals surface area contributed by atoms with Crippen LogP contribution < -0.4 is 4.90 Å². The van der Waals surface area contributed by atoms with E-state index in [0.717, 1.165) is 0 Å². The molecule has 0 spiro atoms. The summed E-state index contributed by atoms with van der Waals surface area (Å²) in [6, 6.07) is 1.28. The summed E-state index contributed by atoms with van der Waals surface area (Å²) in [5.74, 6) is 0.00519. The van der Waals surface area contributed by atoms with E-state index in [9.17, 15) is 4.39 Å². The van der Waals surface area contributed by atoms with Crippen LogP contribution in [0.5, 0.6) is 0 Å². The van der Waals surface area contributed by atoms with Crippen LogP contribution >= 0.6 is 11.6 Å². The van der Waals surface area contributed by atoms with Crippen molar-refractivity contribution in [3.63, 3.8) is 0 Å². The van der Waals surface area contributed by atoms with E-state index in [-0.39, 0.29) is 5.82 Å². The molecule has 68 valence electrons. The van der Waals surface area contributed by atoms with Gasteiger partial charge in [0.2, 0.25) is 0 Å². The number of aromatic nitrogens is 1. The van der Waals surface area contributed by atoms with Crippen LogP contribution in [0.25, 0.3) is 0 Å². The normalized spacial score (nSPS) is 15.4. The van der Waals surface area contributed by atoms with Crippen LogP contribution in [0, 0.1) is 5.82 Å². The second-order valence-corrected chi connectivity index (χ2v) is 3.27. The summed E-state index contributed by atoms with van der Waals surface area (Å²) in [7, 11) is 0. The smallest absolute Gasteiger partial charge is 0.167 e. The van der Waals surface area contributed by atoms with E-state index in [0.29, 0.717) is 23.9 Å². The van der Waals surface area contributed by atoms with Crippen LogP contribution in [0.1, 0.15) is 0 Å². The van der Waals surface area contributed by atoms with Crippen molar-refractivity contribution in [3.8, 4) is 0 Å². The van der Waals surface area contributed by atoms with E-state index in [1.807, 2.05) is 17.1 Å². The van der Waals surface area contributed by atoms with E-state index in [1.165, 1.54) is 12.3 Å². The number of pyridine rings is 1. The molecule has 1 aromatic heterocycles. The molecule has 1 aromatic rings. The second-order valence-electron chi connectivity index (χ2n) is 2.84. The molecule has 0 fully saturated rings. The number of rotatable bonds is 1. The molecule has 0 radical (unpaired) electrons. The van der Waals surface area contributed by atoms with E-state index < -0.39 is 0 Å². The molecule has 0 bridgehead atoms. The SMILES string of the molecule is Fc1cc(Cl)cnc1N1CC=CC1. The van der Waals surface area contributed by atoms with E-state index in [2.05, 4.69) is 4.98 Å². The van der Waals surface area contributed by atoms with Crippen molar-refractivity contribution in [1.29, 1.82) is 0 Å². The van der Waals surface area contributed by atoms with Gasteiger partial charge < -0.3 is 4.90 Å². The van der Waals surface area contributed by atoms with Gasteiger partial charge in [0.1, 0.15) is 0 Å². The van der Waals surface area contributed by atoms with Crippen LogP contribution in [-0.4, -0.2) is 18.1 Å². The first-order valence-corrected chi connectivity index (χ1v) is 4.36. The maximum Gasteiger partial charge on any atom is 0.167 e. The molecule has 0 amide bonds. The van der Waals surface area contributed by atoms with Crippen LogP contribution in [0.2, 0.25) is 5.02 Å². The van der Waals surface area contributed by atoms with Gasteiger partial charge in [0.25, 0.3) is 0 Å². The summed E-state index contributed by atoms with van der Waals surface area (Å²) in [5, 5.41) is 0.327. The largest absolute Gasteiger partial charge is 0.347 e. The van der Waals surface area contributed by atoms with Crippen LogP contribution in [-0.2, 0) is 0 Å². The highest BCUT2D eigenvalue weighted by molar-refractivity contribution is 6.30. The molecule has 1 aliphatic rings. The number of halogens is 2. The Morgan fingerprint density at radius 2 is 2.08 bits per heavy atom. The van der Waals surface area contributed by atoms with Crippen LogP contribution in [0.3, 0.4) is 0 Å². The highest BCUT2D eigenvalue weighted by Crippen LogP contribution is 2.20. The summed E-state index contributed by atoms with van der Waals surface area (Å²) < 4.78 is 13.3. The second kappa shape index (κ2) is 3.34. The van der Waals surface area contributed by atoms with Crippen molar-refractivity contribution < 1.29 is 4.39 Å². The van der Waals surface area contributed by atoms with Gasteiger partial charge in [0, 0.05) is 19.3 Å². The lowest BCUT2D eigenvalue weighted by Gasteiger charge is -2.16. The summed E-state index contributed by atoms with van der Waals surface area (Å²) >= 11 is 5.59. The monoisotopic (exact) mass is 198 g/mol. The summed E-state index contributed by atoms with van der Waals surface area (Å²) in [6.45, 7) is 1.43. The number of hydrogen-bond donors (Lipinski definition) is 0. The lowest BCUT2D eigenvalue weighted by Crippen LogP contribution is -2.21. The van der Waals surface area contributed by atoms with Gasteiger partial charge in [-0.1, -0.05) is 23.8 Å². The molecule has 0 atom stereocenters. The molecular weight excluding hydrogens is 191 g/mol. The Balaban J connectivity index is 2.30. The predicted molar refractivity (Wildman–Crippen MR) is 50.6 cm³/mol. The molecule has 4 heteroatoms. The van der Waals surface area contributed by atoms with Gasteiger partial charge in [-0.25, -0.2) is 9.37 Å². The average Bonchev–Trinajstić information content (AvgIpc) is 2.56. The highest BCUT2D eigenvalue weighted by Gasteiger charge is 2.13. The van der Waals surface area contributed by atoms with Crippen molar-refractivity contribution in [2.24, 2.45) is 0 Å². The Morgan fingerprint density at radius 3 is 2.69 bits per heavy atom. The minimum atomic E-state index is -0.365. The highest BCUT2D eigenvalue weighted by atomic mass is 35.5. The zero-order chi connectivity index (χ0) is 9.26. The number of hydrogen-bond acceptors (Lipinski definition) is 2. The molecule has 0 unspecified atom stereocenters. The third-order valence-corrected chi connectivity index (χ3v) is 2.11. The molecule has 13 heavy (non-hydrogen) atoms. The summed E-state index contributed by atoms with van der Waals surface area (Å²) in [4.78, 5) is 5.78. The van der Waals surface area contributed by atoms with Gasteiger partial charge in [-0.15, -0.1) is 0 Å². The van der Waals surface area contributed by atoms with Gasteiger partial charge in [0.15, 0.2) is 11.6 Å². The fraction of sp³-hybridized carbons (Fsp3) is 0.222. The van der Waals surface area contributed by atoms with Crippen molar-refractivity contribution in [1.82, 2.24) is 4.98 Å². The summed E-state index contributed by atoms with van der Waals surface area (Å²) in [6.07, 6.45) is 5.42. The summed E-state index contributed by atoms with van der Waals surface area (Å²) in [5.41, 5.74) is 0. The third kappa shape index (κ3) is 1.65. The zero-order valence-corrected chi connectivity index (χ0v) is 7.63. The molecule has 2 heterocycles. The Kier molecular flexibility index (Phi) is 2.19. The first-order valence-electron chi connectivity index (χ1n) is 3.98. The molecule has 0 N–H and O–H groups in total. The minimum absolute atomic E-state index is 0.327. The lowest BCUT2D eigenvalue weighted by atomic mass is 10.4. The quantitative estimate of drug-likeness (QED) is 0.644. The molecule has 0 aromatic carbocycles. The lowest BCUT2D eigenvalue weighted by molar-refractivity contribution is 0.617. The van der Waals surface area contributed by atoms with Crippen molar-refractivity contribution >= 4 is 17.4 Å². The minimum Gasteiger partial charge on any atom is -0.347 e. The molecule has 0 saturated heterocycles. The van der Waals surface area contributed by atoms with Gasteiger partial charge in [-0.3, -0.25) is 0 Å². The topological polar surface area (TPSA) is 16.1 Å².